The van der Waals surface area contributed by atoms with Crippen LogP contribution < -0.4 is 20.5 Å². The number of alkyl halides is 3. The van der Waals surface area contributed by atoms with Gasteiger partial charge >= 0.3 is 6.18 Å². The van der Waals surface area contributed by atoms with Crippen molar-refractivity contribution in [2.45, 2.75) is 26.1 Å². The topological polar surface area (TPSA) is 91.5 Å². The van der Waals surface area contributed by atoms with Crippen LogP contribution >= 0.6 is 0 Å². The fraction of sp³-hybridized carbons (Fsp3) is 0.364. The second-order valence-corrected chi connectivity index (χ2v) is 7.50. The maximum absolute atomic E-state index is 13.2. The summed E-state index contributed by atoms with van der Waals surface area (Å²) < 4.78 is 56.6. The van der Waals surface area contributed by atoms with E-state index in [4.69, 9.17) is 19.9 Å². The number of aromatic nitrogens is 2. The van der Waals surface area contributed by atoms with Gasteiger partial charge in [-0.25, -0.2) is 9.97 Å². The summed E-state index contributed by atoms with van der Waals surface area (Å²) in [7, 11) is 0. The molecule has 3 N–H and O–H groups in total. The molecule has 1 atom stereocenters. The van der Waals surface area contributed by atoms with Gasteiger partial charge in [-0.05, 0) is 43.7 Å². The molecule has 10 heteroatoms. The zero-order valence-corrected chi connectivity index (χ0v) is 17.6. The molecule has 0 aliphatic carbocycles. The second-order valence-electron chi connectivity index (χ2n) is 7.50. The molecular weight excluding hydrogens is 425 g/mol. The molecule has 0 fully saturated rings. The average Bonchev–Trinajstić information content (AvgIpc) is 2.83. The molecule has 4 rings (SSSR count). The third-order valence-electron chi connectivity index (χ3n) is 5.00. The maximum Gasteiger partial charge on any atom is 0.416 e. The Morgan fingerprint density at radius 2 is 1.66 bits per heavy atom. The number of anilines is 2. The Morgan fingerprint density at radius 3 is 2.34 bits per heavy atom. The summed E-state index contributed by atoms with van der Waals surface area (Å²) in [6, 6.07) is 6.54. The standard InChI is InChI=1S/C22H23F3N4O3/c1-12(14-7-15(22(23,24)25)9-16(26)8-14)27-21-17-10-19-20(11-18(17)28-13(2)29-21)32-6-4-30-3-5-31-19/h7-12H,3-6,26H2,1-2H3,(H,27,28,29)/t12-/m1/s1. The summed E-state index contributed by atoms with van der Waals surface area (Å²) in [5, 5.41) is 3.86. The highest BCUT2D eigenvalue weighted by Gasteiger charge is 2.31. The van der Waals surface area contributed by atoms with Gasteiger partial charge in [0, 0.05) is 17.1 Å². The van der Waals surface area contributed by atoms with E-state index in [0.29, 0.717) is 66.0 Å². The first-order chi connectivity index (χ1) is 15.2. The second kappa shape index (κ2) is 8.70. The lowest BCUT2D eigenvalue weighted by molar-refractivity contribution is -0.137. The van der Waals surface area contributed by atoms with Crippen LogP contribution in [0.4, 0.5) is 24.7 Å². The van der Waals surface area contributed by atoms with Crippen molar-refractivity contribution in [1.29, 1.82) is 0 Å². The van der Waals surface area contributed by atoms with Crippen LogP contribution in [0.3, 0.4) is 0 Å². The van der Waals surface area contributed by atoms with Crippen molar-refractivity contribution in [3.8, 4) is 11.5 Å². The Balaban J connectivity index is 1.72. The summed E-state index contributed by atoms with van der Waals surface area (Å²) in [4.78, 5) is 8.95. The minimum Gasteiger partial charge on any atom is -0.487 e. The van der Waals surface area contributed by atoms with Gasteiger partial charge in [-0.1, -0.05) is 0 Å². The number of hydrogen-bond donors (Lipinski definition) is 2. The minimum atomic E-state index is -4.49. The van der Waals surface area contributed by atoms with Crippen LogP contribution in [-0.2, 0) is 10.9 Å². The van der Waals surface area contributed by atoms with E-state index in [0.717, 1.165) is 12.1 Å². The molecule has 0 radical (unpaired) electrons. The summed E-state index contributed by atoms with van der Waals surface area (Å²) >= 11 is 0. The molecule has 1 aliphatic heterocycles. The zero-order chi connectivity index (χ0) is 22.9. The molecule has 0 saturated heterocycles. The normalized spacial score (nSPS) is 15.5. The molecular formula is C22H23F3N4O3. The van der Waals surface area contributed by atoms with Gasteiger partial charge in [-0.3, -0.25) is 0 Å². The molecule has 170 valence electrons. The Morgan fingerprint density at radius 1 is 0.969 bits per heavy atom. The van der Waals surface area contributed by atoms with Gasteiger partial charge in [-0.2, -0.15) is 13.2 Å². The van der Waals surface area contributed by atoms with Crippen molar-refractivity contribution in [3.05, 3.63) is 47.3 Å². The van der Waals surface area contributed by atoms with Gasteiger partial charge in [-0.15, -0.1) is 0 Å². The Bertz CT molecular complexity index is 1140. The minimum absolute atomic E-state index is 0.0393. The summed E-state index contributed by atoms with van der Waals surface area (Å²) in [6.45, 7) is 5.11. The van der Waals surface area contributed by atoms with Gasteiger partial charge in [0.15, 0.2) is 11.5 Å². The first-order valence-corrected chi connectivity index (χ1v) is 10.1. The van der Waals surface area contributed by atoms with Crippen molar-refractivity contribution >= 4 is 22.4 Å². The molecule has 7 nitrogen and oxygen atoms in total. The fourth-order valence-electron chi connectivity index (χ4n) is 3.49. The number of fused-ring (bicyclic) bond motifs is 2. The SMILES string of the molecule is Cc1nc(N[C@H](C)c2cc(N)cc(C(F)(F)F)c2)c2cc3c(cc2n1)OCCOCCO3. The number of aryl methyl sites for hydroxylation is 1. The number of nitrogen functional groups attached to an aromatic ring is 1. The van der Waals surface area contributed by atoms with Crippen LogP contribution in [0.5, 0.6) is 11.5 Å². The lowest BCUT2D eigenvalue weighted by Gasteiger charge is -2.19. The molecule has 0 unspecified atom stereocenters. The number of ether oxygens (including phenoxy) is 3. The smallest absolute Gasteiger partial charge is 0.416 e. The number of halogens is 3. The number of nitrogens with one attached hydrogen (secondary N) is 1. The number of nitrogens with two attached hydrogens (primary N) is 1. The van der Waals surface area contributed by atoms with Crippen LogP contribution in [0.2, 0.25) is 0 Å². The molecule has 2 heterocycles. The van der Waals surface area contributed by atoms with Crippen molar-refractivity contribution in [2.75, 3.05) is 37.5 Å². The molecule has 1 aromatic heterocycles. The first-order valence-electron chi connectivity index (χ1n) is 10.1. The van der Waals surface area contributed by atoms with Gasteiger partial charge < -0.3 is 25.3 Å². The van der Waals surface area contributed by atoms with Crippen molar-refractivity contribution in [3.63, 3.8) is 0 Å². The summed E-state index contributed by atoms with van der Waals surface area (Å²) in [5.74, 6) is 2.04. The van der Waals surface area contributed by atoms with E-state index in [1.54, 1.807) is 26.0 Å². The number of hydrogen-bond acceptors (Lipinski definition) is 7. The predicted octanol–water partition coefficient (Wildman–Crippen LogP) is 4.50. The molecule has 0 bridgehead atoms. The van der Waals surface area contributed by atoms with Crippen molar-refractivity contribution in [2.24, 2.45) is 0 Å². The zero-order valence-electron chi connectivity index (χ0n) is 17.6. The van der Waals surface area contributed by atoms with Crippen LogP contribution in [-0.4, -0.2) is 36.4 Å². The van der Waals surface area contributed by atoms with Crippen LogP contribution in [0.25, 0.3) is 10.9 Å². The highest BCUT2D eigenvalue weighted by atomic mass is 19.4. The lowest BCUT2D eigenvalue weighted by Crippen LogP contribution is -2.13. The predicted molar refractivity (Wildman–Crippen MR) is 114 cm³/mol. The summed E-state index contributed by atoms with van der Waals surface area (Å²) in [6.07, 6.45) is -4.49. The van der Waals surface area contributed by atoms with Crippen LogP contribution in [0.15, 0.2) is 30.3 Å². The van der Waals surface area contributed by atoms with E-state index in [-0.39, 0.29) is 5.69 Å². The van der Waals surface area contributed by atoms with Crippen molar-refractivity contribution < 1.29 is 27.4 Å². The van der Waals surface area contributed by atoms with Gasteiger partial charge in [0.2, 0.25) is 0 Å². The molecule has 0 amide bonds. The molecule has 0 spiro atoms. The molecule has 2 aromatic carbocycles. The number of benzene rings is 2. The molecule has 3 aromatic rings. The van der Waals surface area contributed by atoms with Crippen LogP contribution in [0, 0.1) is 6.92 Å². The molecule has 32 heavy (non-hydrogen) atoms. The van der Waals surface area contributed by atoms with Crippen LogP contribution in [0.1, 0.15) is 29.9 Å². The molecule has 1 aliphatic rings. The first kappa shape index (κ1) is 21.9. The van der Waals surface area contributed by atoms with E-state index in [2.05, 4.69) is 15.3 Å². The van der Waals surface area contributed by atoms with E-state index in [9.17, 15) is 13.2 Å². The Labute approximate surface area is 182 Å². The van der Waals surface area contributed by atoms with Gasteiger partial charge in [0.1, 0.15) is 24.9 Å². The highest BCUT2D eigenvalue weighted by molar-refractivity contribution is 5.92. The van der Waals surface area contributed by atoms with Crippen molar-refractivity contribution in [1.82, 2.24) is 9.97 Å². The Hall–Kier alpha value is -3.27. The third-order valence-corrected chi connectivity index (χ3v) is 5.00. The van der Waals surface area contributed by atoms with E-state index in [1.807, 2.05) is 0 Å². The quantitative estimate of drug-likeness (QED) is 0.570. The maximum atomic E-state index is 13.2. The monoisotopic (exact) mass is 448 g/mol. The number of nitrogens with zero attached hydrogens (tertiary/aromatic N) is 2. The third kappa shape index (κ3) is 4.80. The summed E-state index contributed by atoms with van der Waals surface area (Å²) in [5.41, 5.74) is 5.98. The average molecular weight is 448 g/mol. The highest BCUT2D eigenvalue weighted by Crippen LogP contribution is 2.37. The van der Waals surface area contributed by atoms with E-state index >= 15 is 0 Å². The lowest BCUT2D eigenvalue weighted by atomic mass is 10.0. The Kier molecular flexibility index (Phi) is 5.96. The van der Waals surface area contributed by atoms with Gasteiger partial charge in [0.05, 0.1) is 30.3 Å². The largest absolute Gasteiger partial charge is 0.487 e. The fourth-order valence-corrected chi connectivity index (χ4v) is 3.49. The molecule has 0 saturated carbocycles. The van der Waals surface area contributed by atoms with E-state index < -0.39 is 17.8 Å². The van der Waals surface area contributed by atoms with Gasteiger partial charge in [0.25, 0.3) is 0 Å². The van der Waals surface area contributed by atoms with E-state index in [1.165, 1.54) is 6.07 Å². The number of rotatable bonds is 3.